The third kappa shape index (κ3) is 3.71. The smallest absolute Gasteiger partial charge is 0.255 e. The summed E-state index contributed by atoms with van der Waals surface area (Å²) >= 11 is 0. The van der Waals surface area contributed by atoms with Crippen molar-refractivity contribution in [3.63, 3.8) is 0 Å². The van der Waals surface area contributed by atoms with Gasteiger partial charge in [0.2, 0.25) is 0 Å². The Kier molecular flexibility index (Phi) is 4.75. The fourth-order valence-electron chi connectivity index (χ4n) is 2.54. The van der Waals surface area contributed by atoms with Crippen LogP contribution in [0.5, 0.6) is 0 Å². The van der Waals surface area contributed by atoms with Crippen molar-refractivity contribution >= 4 is 11.7 Å². The van der Waals surface area contributed by atoms with E-state index >= 15 is 0 Å². The van der Waals surface area contributed by atoms with Gasteiger partial charge in [0.05, 0.1) is 12.1 Å². The number of rotatable bonds is 5. The summed E-state index contributed by atoms with van der Waals surface area (Å²) in [5.74, 6) is 1.68. The molecule has 0 aliphatic carbocycles. The number of anilines is 1. The first-order valence-electron chi connectivity index (χ1n) is 7.43. The summed E-state index contributed by atoms with van der Waals surface area (Å²) < 4.78 is 5.45. The molecular weight excluding hydrogens is 294 g/mol. The van der Waals surface area contributed by atoms with Gasteiger partial charge in [0, 0.05) is 25.9 Å². The lowest BCUT2D eigenvalue weighted by atomic mass is 9.96. The molecule has 1 amide bonds. The molecule has 2 N–H and O–H groups in total. The minimum atomic E-state index is -1.21. The molecule has 1 atom stereocenters. The highest BCUT2D eigenvalue weighted by Gasteiger charge is 2.28. The molecule has 6 heteroatoms. The lowest BCUT2D eigenvalue weighted by Gasteiger charge is -2.24. The van der Waals surface area contributed by atoms with Crippen LogP contribution >= 0.6 is 0 Å². The second-order valence-corrected chi connectivity index (χ2v) is 6.05. The van der Waals surface area contributed by atoms with E-state index in [1.165, 1.54) is 0 Å². The molecule has 2 rings (SSSR count). The number of furan rings is 1. The molecule has 2 aromatic heterocycles. The second kappa shape index (κ2) is 6.42. The van der Waals surface area contributed by atoms with Gasteiger partial charge in [0.1, 0.15) is 22.9 Å². The van der Waals surface area contributed by atoms with Gasteiger partial charge in [0.15, 0.2) is 0 Å². The van der Waals surface area contributed by atoms with Gasteiger partial charge in [-0.25, -0.2) is 4.98 Å². The van der Waals surface area contributed by atoms with Crippen molar-refractivity contribution in [1.82, 2.24) is 10.3 Å². The number of aliphatic hydroxyl groups is 1. The Bertz CT molecular complexity index is 705. The van der Waals surface area contributed by atoms with Gasteiger partial charge in [0.25, 0.3) is 5.91 Å². The van der Waals surface area contributed by atoms with Gasteiger partial charge >= 0.3 is 0 Å². The number of pyridine rings is 1. The molecule has 2 aromatic rings. The summed E-state index contributed by atoms with van der Waals surface area (Å²) in [6.45, 7) is 5.35. The third-order valence-electron chi connectivity index (χ3n) is 3.67. The molecule has 0 saturated heterocycles. The minimum absolute atomic E-state index is 0.0768. The van der Waals surface area contributed by atoms with E-state index < -0.39 is 5.60 Å². The standard InChI is InChI=1S/C17H23N3O3/c1-11-9-14(12(2)23-11)17(3,22)10-19-16(21)13-7-6-8-18-15(13)20(4)5/h6-9,22H,10H2,1-5H3,(H,19,21). The zero-order chi connectivity index (χ0) is 17.2. The number of carbonyl (C=O) groups is 1. The predicted octanol–water partition coefficient (Wildman–Crippen LogP) is 1.99. The molecule has 1 unspecified atom stereocenters. The molecule has 0 aliphatic heterocycles. The van der Waals surface area contributed by atoms with Crippen LogP contribution in [-0.4, -0.2) is 36.6 Å². The van der Waals surface area contributed by atoms with E-state index in [1.807, 2.05) is 21.0 Å². The maximum absolute atomic E-state index is 12.4. The van der Waals surface area contributed by atoms with Crippen molar-refractivity contribution in [3.05, 3.63) is 47.0 Å². The van der Waals surface area contributed by atoms with E-state index in [0.717, 1.165) is 5.76 Å². The Hall–Kier alpha value is -2.34. The summed E-state index contributed by atoms with van der Waals surface area (Å²) in [7, 11) is 3.65. The zero-order valence-corrected chi connectivity index (χ0v) is 14.2. The van der Waals surface area contributed by atoms with Crippen LogP contribution in [0, 0.1) is 13.8 Å². The van der Waals surface area contributed by atoms with Gasteiger partial charge in [-0.05, 0) is 39.0 Å². The Morgan fingerprint density at radius 1 is 1.43 bits per heavy atom. The first-order valence-corrected chi connectivity index (χ1v) is 7.43. The monoisotopic (exact) mass is 317 g/mol. The molecular formula is C17H23N3O3. The van der Waals surface area contributed by atoms with Crippen molar-refractivity contribution in [1.29, 1.82) is 0 Å². The Balaban J connectivity index is 2.14. The quantitative estimate of drug-likeness (QED) is 0.882. The van der Waals surface area contributed by atoms with E-state index in [4.69, 9.17) is 4.42 Å². The number of nitrogens with zero attached hydrogens (tertiary/aromatic N) is 2. The van der Waals surface area contributed by atoms with Crippen molar-refractivity contribution in [2.24, 2.45) is 0 Å². The summed E-state index contributed by atoms with van der Waals surface area (Å²) in [5.41, 5.74) is -0.0689. The van der Waals surface area contributed by atoms with E-state index in [9.17, 15) is 9.90 Å². The van der Waals surface area contributed by atoms with E-state index in [1.54, 1.807) is 43.1 Å². The van der Waals surface area contributed by atoms with Crippen LogP contribution in [0.2, 0.25) is 0 Å². The number of carbonyl (C=O) groups excluding carboxylic acids is 1. The fraction of sp³-hybridized carbons (Fsp3) is 0.412. The summed E-state index contributed by atoms with van der Waals surface area (Å²) in [5, 5.41) is 13.4. The van der Waals surface area contributed by atoms with Gasteiger partial charge in [-0.3, -0.25) is 4.79 Å². The van der Waals surface area contributed by atoms with Crippen LogP contribution in [0.15, 0.2) is 28.8 Å². The summed E-state index contributed by atoms with van der Waals surface area (Å²) in [6.07, 6.45) is 1.64. The van der Waals surface area contributed by atoms with Gasteiger partial charge in [-0.1, -0.05) is 0 Å². The van der Waals surface area contributed by atoms with Crippen LogP contribution < -0.4 is 10.2 Å². The molecule has 0 bridgehead atoms. The molecule has 23 heavy (non-hydrogen) atoms. The molecule has 2 heterocycles. The third-order valence-corrected chi connectivity index (χ3v) is 3.67. The number of amides is 1. The first kappa shape index (κ1) is 17.0. The van der Waals surface area contributed by atoms with E-state index in [2.05, 4.69) is 10.3 Å². The number of hydrogen-bond donors (Lipinski definition) is 2. The highest BCUT2D eigenvalue weighted by atomic mass is 16.3. The van der Waals surface area contributed by atoms with E-state index in [-0.39, 0.29) is 12.5 Å². The van der Waals surface area contributed by atoms with Crippen LogP contribution in [0.4, 0.5) is 5.82 Å². The highest BCUT2D eigenvalue weighted by Crippen LogP contribution is 2.26. The zero-order valence-electron chi connectivity index (χ0n) is 14.2. The molecule has 6 nitrogen and oxygen atoms in total. The topological polar surface area (TPSA) is 78.6 Å². The van der Waals surface area contributed by atoms with Crippen LogP contribution in [0.3, 0.4) is 0 Å². The van der Waals surface area contributed by atoms with Crippen LogP contribution in [0.25, 0.3) is 0 Å². The molecule has 0 spiro atoms. The van der Waals surface area contributed by atoms with Crippen molar-refractivity contribution < 1.29 is 14.3 Å². The fourth-order valence-corrected chi connectivity index (χ4v) is 2.54. The summed E-state index contributed by atoms with van der Waals surface area (Å²) in [6, 6.07) is 5.21. The lowest BCUT2D eigenvalue weighted by Crippen LogP contribution is -2.39. The second-order valence-electron chi connectivity index (χ2n) is 6.05. The predicted molar refractivity (Wildman–Crippen MR) is 88.7 cm³/mol. The number of nitrogens with one attached hydrogen (secondary N) is 1. The Morgan fingerprint density at radius 3 is 2.70 bits per heavy atom. The maximum atomic E-state index is 12.4. The van der Waals surface area contributed by atoms with Crippen molar-refractivity contribution in [2.45, 2.75) is 26.4 Å². The van der Waals surface area contributed by atoms with Gasteiger partial charge in [-0.15, -0.1) is 0 Å². The summed E-state index contributed by atoms with van der Waals surface area (Å²) in [4.78, 5) is 18.4. The van der Waals surface area contributed by atoms with Crippen molar-refractivity contribution in [2.75, 3.05) is 25.5 Å². The largest absolute Gasteiger partial charge is 0.466 e. The Labute approximate surface area is 136 Å². The number of aromatic nitrogens is 1. The molecule has 0 aliphatic rings. The molecule has 124 valence electrons. The minimum Gasteiger partial charge on any atom is -0.466 e. The Morgan fingerprint density at radius 2 is 2.13 bits per heavy atom. The molecule has 0 fully saturated rings. The first-order chi connectivity index (χ1) is 10.7. The number of aryl methyl sites for hydroxylation is 2. The van der Waals surface area contributed by atoms with Gasteiger partial charge < -0.3 is 19.7 Å². The molecule has 0 radical (unpaired) electrons. The maximum Gasteiger partial charge on any atom is 0.255 e. The van der Waals surface area contributed by atoms with Gasteiger partial charge in [-0.2, -0.15) is 0 Å². The molecule has 0 saturated carbocycles. The average molecular weight is 317 g/mol. The van der Waals surface area contributed by atoms with Crippen LogP contribution in [-0.2, 0) is 5.60 Å². The van der Waals surface area contributed by atoms with Crippen LogP contribution in [0.1, 0.15) is 34.4 Å². The number of hydrogen-bond acceptors (Lipinski definition) is 5. The van der Waals surface area contributed by atoms with E-state index in [0.29, 0.717) is 22.7 Å². The molecule has 0 aromatic carbocycles. The average Bonchev–Trinajstić information content (AvgIpc) is 2.84. The lowest BCUT2D eigenvalue weighted by molar-refractivity contribution is 0.0514. The highest BCUT2D eigenvalue weighted by molar-refractivity contribution is 5.98. The SMILES string of the molecule is Cc1cc(C(C)(O)CNC(=O)c2cccnc2N(C)C)c(C)o1. The van der Waals surface area contributed by atoms with Crippen molar-refractivity contribution in [3.8, 4) is 0 Å². The normalized spacial score (nSPS) is 13.5.